The zero-order valence-corrected chi connectivity index (χ0v) is 16.5. The minimum absolute atomic E-state index is 0.0435. The first kappa shape index (κ1) is 18.1. The fourth-order valence-corrected chi connectivity index (χ4v) is 4.44. The van der Waals surface area contributed by atoms with Crippen LogP contribution in [-0.4, -0.2) is 59.5 Å². The summed E-state index contributed by atoms with van der Waals surface area (Å²) in [7, 11) is 1.70. The van der Waals surface area contributed by atoms with Crippen molar-refractivity contribution < 1.29 is 9.53 Å². The number of carbonyl (C=O) groups excluding carboxylic acids is 1. The number of rotatable bonds is 4. The number of methoxy groups -OCH3 is 1. The number of aromatic amines is 1. The van der Waals surface area contributed by atoms with Gasteiger partial charge in [-0.1, -0.05) is 6.08 Å². The zero-order valence-electron chi connectivity index (χ0n) is 16.5. The van der Waals surface area contributed by atoms with Crippen LogP contribution in [0.15, 0.2) is 30.5 Å². The Morgan fingerprint density at radius 2 is 2.11 bits per heavy atom. The molecule has 1 aromatic heterocycles. The van der Waals surface area contributed by atoms with Gasteiger partial charge in [-0.3, -0.25) is 9.69 Å². The summed E-state index contributed by atoms with van der Waals surface area (Å²) in [4.78, 5) is 20.6. The number of benzene rings is 1. The Balaban J connectivity index is 1.53. The van der Waals surface area contributed by atoms with Gasteiger partial charge in [-0.25, -0.2) is 0 Å². The summed E-state index contributed by atoms with van der Waals surface area (Å²) in [5.74, 6) is 1.19. The van der Waals surface area contributed by atoms with Crippen LogP contribution in [0.4, 0.5) is 0 Å². The highest BCUT2D eigenvalue weighted by Crippen LogP contribution is 2.32. The second-order valence-electron chi connectivity index (χ2n) is 7.87. The maximum absolute atomic E-state index is 12.9. The minimum Gasteiger partial charge on any atom is -0.497 e. The summed E-state index contributed by atoms with van der Waals surface area (Å²) < 4.78 is 5.39. The SMILES string of the molecule is COc1ccc2[nH]cc(C3=CCN(C4CCCN(C(C)C)C4=O)CC3)c2c1. The molecular formula is C22H29N3O2. The Kier molecular flexibility index (Phi) is 4.96. The summed E-state index contributed by atoms with van der Waals surface area (Å²) in [5, 5.41) is 1.20. The first-order valence-corrected chi connectivity index (χ1v) is 9.97. The summed E-state index contributed by atoms with van der Waals surface area (Å²) >= 11 is 0. The van der Waals surface area contributed by atoms with E-state index in [0.717, 1.165) is 50.2 Å². The van der Waals surface area contributed by atoms with Crippen molar-refractivity contribution in [3.05, 3.63) is 36.0 Å². The third kappa shape index (κ3) is 3.36. The molecule has 5 heteroatoms. The van der Waals surface area contributed by atoms with E-state index in [2.05, 4.69) is 48.1 Å². The van der Waals surface area contributed by atoms with Gasteiger partial charge in [0, 0.05) is 48.3 Å². The fraction of sp³-hybridized carbons (Fsp3) is 0.500. The number of aromatic nitrogens is 1. The second kappa shape index (κ2) is 7.39. The lowest BCUT2D eigenvalue weighted by Gasteiger charge is -2.41. The Labute approximate surface area is 161 Å². The van der Waals surface area contributed by atoms with Crippen LogP contribution in [0.1, 0.15) is 38.7 Å². The van der Waals surface area contributed by atoms with E-state index in [1.807, 2.05) is 11.0 Å². The second-order valence-corrected chi connectivity index (χ2v) is 7.87. The van der Waals surface area contributed by atoms with E-state index < -0.39 is 0 Å². The van der Waals surface area contributed by atoms with Gasteiger partial charge in [0.2, 0.25) is 5.91 Å². The van der Waals surface area contributed by atoms with Gasteiger partial charge in [0.25, 0.3) is 0 Å². The van der Waals surface area contributed by atoms with E-state index in [1.165, 1.54) is 16.5 Å². The van der Waals surface area contributed by atoms with Crippen molar-refractivity contribution in [3.8, 4) is 5.75 Å². The lowest BCUT2D eigenvalue weighted by Crippen LogP contribution is -2.55. The molecule has 144 valence electrons. The molecule has 0 saturated carbocycles. The van der Waals surface area contributed by atoms with Crippen molar-refractivity contribution in [2.75, 3.05) is 26.7 Å². The topological polar surface area (TPSA) is 48.6 Å². The molecule has 0 bridgehead atoms. The van der Waals surface area contributed by atoms with E-state index in [1.54, 1.807) is 7.11 Å². The molecule has 3 heterocycles. The smallest absolute Gasteiger partial charge is 0.240 e. The van der Waals surface area contributed by atoms with Crippen molar-refractivity contribution in [1.82, 2.24) is 14.8 Å². The number of nitrogens with zero attached hydrogens (tertiary/aromatic N) is 2. The van der Waals surface area contributed by atoms with Gasteiger partial charge in [-0.15, -0.1) is 0 Å². The highest BCUT2D eigenvalue weighted by atomic mass is 16.5. The van der Waals surface area contributed by atoms with E-state index in [4.69, 9.17) is 4.74 Å². The first-order valence-electron chi connectivity index (χ1n) is 9.97. The molecular weight excluding hydrogens is 338 g/mol. The summed E-state index contributed by atoms with van der Waals surface area (Å²) in [6.07, 6.45) is 7.44. The number of ether oxygens (including phenoxy) is 1. The Hall–Kier alpha value is -2.27. The van der Waals surface area contributed by atoms with Crippen molar-refractivity contribution in [3.63, 3.8) is 0 Å². The van der Waals surface area contributed by atoms with Crippen LogP contribution in [0.2, 0.25) is 0 Å². The number of nitrogens with one attached hydrogen (secondary N) is 1. The minimum atomic E-state index is 0.0435. The van der Waals surface area contributed by atoms with Crippen LogP contribution in [-0.2, 0) is 4.79 Å². The molecule has 27 heavy (non-hydrogen) atoms. The van der Waals surface area contributed by atoms with Crippen LogP contribution in [0, 0.1) is 0 Å². The van der Waals surface area contributed by atoms with Gasteiger partial charge < -0.3 is 14.6 Å². The lowest BCUT2D eigenvalue weighted by atomic mass is 9.95. The lowest BCUT2D eigenvalue weighted by molar-refractivity contribution is -0.141. The number of piperidine rings is 1. The van der Waals surface area contributed by atoms with Gasteiger partial charge >= 0.3 is 0 Å². The Morgan fingerprint density at radius 1 is 1.26 bits per heavy atom. The van der Waals surface area contributed by atoms with Gasteiger partial charge in [-0.2, -0.15) is 0 Å². The van der Waals surface area contributed by atoms with Gasteiger partial charge in [-0.05, 0) is 56.9 Å². The largest absolute Gasteiger partial charge is 0.497 e. The normalized spacial score (nSPS) is 21.8. The molecule has 2 aliphatic rings. The summed E-state index contributed by atoms with van der Waals surface area (Å²) in [6.45, 7) is 6.90. The molecule has 2 aliphatic heterocycles. The number of hydrogen-bond donors (Lipinski definition) is 1. The van der Waals surface area contributed by atoms with Gasteiger partial charge in [0.05, 0.1) is 13.2 Å². The van der Waals surface area contributed by atoms with E-state index in [0.29, 0.717) is 5.91 Å². The molecule has 2 aromatic rings. The highest BCUT2D eigenvalue weighted by Gasteiger charge is 2.34. The van der Waals surface area contributed by atoms with Crippen LogP contribution in [0.5, 0.6) is 5.75 Å². The molecule has 5 nitrogen and oxygen atoms in total. The number of likely N-dealkylation sites (tertiary alicyclic amines) is 1. The molecule has 1 unspecified atom stereocenters. The molecule has 1 fully saturated rings. The molecule has 1 aromatic carbocycles. The molecule has 1 atom stereocenters. The molecule has 1 N–H and O–H groups in total. The molecule has 0 spiro atoms. The maximum Gasteiger partial charge on any atom is 0.240 e. The van der Waals surface area contributed by atoms with Gasteiger partial charge in [0.15, 0.2) is 0 Å². The highest BCUT2D eigenvalue weighted by molar-refractivity contribution is 5.93. The van der Waals surface area contributed by atoms with Crippen LogP contribution < -0.4 is 4.74 Å². The molecule has 0 radical (unpaired) electrons. The predicted octanol–water partition coefficient (Wildman–Crippen LogP) is 3.67. The standard InChI is InChI=1S/C22H29N3O2/c1-15(2)25-10-4-5-21(22(25)26)24-11-8-16(9-12-24)19-14-23-20-7-6-17(27-3)13-18(19)20/h6-8,13-15,21,23H,4-5,9-12H2,1-3H3. The van der Waals surface area contributed by atoms with Crippen molar-refractivity contribution in [2.45, 2.75) is 45.2 Å². The third-order valence-corrected chi connectivity index (χ3v) is 5.98. The third-order valence-electron chi connectivity index (χ3n) is 5.98. The van der Waals surface area contributed by atoms with E-state index in [-0.39, 0.29) is 12.1 Å². The first-order chi connectivity index (χ1) is 13.1. The summed E-state index contributed by atoms with van der Waals surface area (Å²) in [5.41, 5.74) is 3.74. The monoisotopic (exact) mass is 367 g/mol. The van der Waals surface area contributed by atoms with Crippen LogP contribution in [0.3, 0.4) is 0 Å². The van der Waals surface area contributed by atoms with E-state index >= 15 is 0 Å². The van der Waals surface area contributed by atoms with Crippen LogP contribution in [0.25, 0.3) is 16.5 Å². The molecule has 1 amide bonds. The molecule has 4 rings (SSSR count). The predicted molar refractivity (Wildman–Crippen MR) is 109 cm³/mol. The van der Waals surface area contributed by atoms with Crippen molar-refractivity contribution in [2.24, 2.45) is 0 Å². The number of fused-ring (bicyclic) bond motifs is 1. The van der Waals surface area contributed by atoms with E-state index in [9.17, 15) is 4.79 Å². The number of carbonyl (C=O) groups is 1. The van der Waals surface area contributed by atoms with Crippen LogP contribution >= 0.6 is 0 Å². The molecule has 1 saturated heterocycles. The quantitative estimate of drug-likeness (QED) is 0.897. The number of H-pyrrole nitrogens is 1. The fourth-order valence-electron chi connectivity index (χ4n) is 4.44. The zero-order chi connectivity index (χ0) is 19.0. The molecule has 0 aliphatic carbocycles. The van der Waals surface area contributed by atoms with Crippen molar-refractivity contribution >= 4 is 22.4 Å². The number of hydrogen-bond acceptors (Lipinski definition) is 3. The van der Waals surface area contributed by atoms with Gasteiger partial charge in [0.1, 0.15) is 5.75 Å². The Bertz CT molecular complexity index is 868. The summed E-state index contributed by atoms with van der Waals surface area (Å²) in [6, 6.07) is 6.47. The van der Waals surface area contributed by atoms with Crippen molar-refractivity contribution in [1.29, 1.82) is 0 Å². The average Bonchev–Trinajstić information content (AvgIpc) is 3.11. The average molecular weight is 367 g/mol. The maximum atomic E-state index is 12.9. The Morgan fingerprint density at radius 3 is 2.81 bits per heavy atom. The number of amides is 1.